The Kier molecular flexibility index (Phi) is 6.03. The van der Waals surface area contributed by atoms with Gasteiger partial charge in [0.05, 0.1) is 30.0 Å². The molecule has 0 aromatic heterocycles. The Balaban J connectivity index is 1.49. The second-order valence-electron chi connectivity index (χ2n) is 8.10. The van der Waals surface area contributed by atoms with Gasteiger partial charge >= 0.3 is 0 Å². The van der Waals surface area contributed by atoms with E-state index in [0.29, 0.717) is 46.2 Å². The molecule has 162 valence electrons. The molecule has 1 N–H and O–H groups in total. The van der Waals surface area contributed by atoms with Crippen LogP contribution in [-0.2, 0) is 6.54 Å². The van der Waals surface area contributed by atoms with Gasteiger partial charge < -0.3 is 10.1 Å². The van der Waals surface area contributed by atoms with E-state index in [1.807, 2.05) is 18.2 Å². The van der Waals surface area contributed by atoms with Gasteiger partial charge in [-0.15, -0.1) is 0 Å². The summed E-state index contributed by atoms with van der Waals surface area (Å²) in [7, 11) is 0. The van der Waals surface area contributed by atoms with Crippen LogP contribution in [0.3, 0.4) is 0 Å². The van der Waals surface area contributed by atoms with E-state index in [0.717, 1.165) is 0 Å². The molecule has 0 radical (unpaired) electrons. The van der Waals surface area contributed by atoms with Crippen LogP contribution in [0.1, 0.15) is 50.5 Å². The number of hydrogen-bond donors (Lipinski definition) is 1. The predicted octanol–water partition coefficient (Wildman–Crippen LogP) is 4.77. The van der Waals surface area contributed by atoms with Crippen molar-refractivity contribution in [2.75, 3.05) is 11.9 Å². The lowest BCUT2D eigenvalue weighted by molar-refractivity contribution is 0.0642. The fourth-order valence-electron chi connectivity index (χ4n) is 3.52. The van der Waals surface area contributed by atoms with E-state index in [-0.39, 0.29) is 24.3 Å². The minimum Gasteiger partial charge on any atom is -0.491 e. The monoisotopic (exact) mass is 428 g/mol. The second kappa shape index (κ2) is 9.06. The van der Waals surface area contributed by atoms with Gasteiger partial charge in [-0.25, -0.2) is 0 Å². The average Bonchev–Trinajstić information content (AvgIpc) is 3.03. The molecule has 1 heterocycles. The predicted molar refractivity (Wildman–Crippen MR) is 122 cm³/mol. The maximum absolute atomic E-state index is 12.9. The zero-order chi connectivity index (χ0) is 22.7. The van der Waals surface area contributed by atoms with Crippen LogP contribution in [-0.4, -0.2) is 29.2 Å². The number of nitrogens with zero attached hydrogens (tertiary/aromatic N) is 1. The Labute approximate surface area is 186 Å². The van der Waals surface area contributed by atoms with Gasteiger partial charge in [-0.1, -0.05) is 50.2 Å². The van der Waals surface area contributed by atoms with Crippen LogP contribution in [0.4, 0.5) is 5.69 Å². The number of amides is 3. The Bertz CT molecular complexity index is 1150. The quantitative estimate of drug-likeness (QED) is 0.550. The van der Waals surface area contributed by atoms with Gasteiger partial charge in [0.15, 0.2) is 0 Å². The molecule has 4 rings (SSSR count). The third-order valence-corrected chi connectivity index (χ3v) is 5.12. The molecular formula is C26H24N2O4. The van der Waals surface area contributed by atoms with Gasteiger partial charge in [0, 0.05) is 5.56 Å². The van der Waals surface area contributed by atoms with E-state index in [1.165, 1.54) is 4.90 Å². The summed E-state index contributed by atoms with van der Waals surface area (Å²) in [6.07, 6.45) is 0. The van der Waals surface area contributed by atoms with E-state index >= 15 is 0 Å². The van der Waals surface area contributed by atoms with Gasteiger partial charge in [-0.05, 0) is 47.9 Å². The molecule has 1 aliphatic rings. The first kappa shape index (κ1) is 21.3. The van der Waals surface area contributed by atoms with Crippen molar-refractivity contribution >= 4 is 23.4 Å². The minimum absolute atomic E-state index is 0.0988. The number of para-hydroxylation sites is 2. The van der Waals surface area contributed by atoms with E-state index in [2.05, 4.69) is 19.2 Å². The Morgan fingerprint density at radius 2 is 1.56 bits per heavy atom. The molecule has 1 aliphatic heterocycles. The molecule has 6 nitrogen and oxygen atoms in total. The van der Waals surface area contributed by atoms with Crippen LogP contribution in [0.15, 0.2) is 72.8 Å². The summed E-state index contributed by atoms with van der Waals surface area (Å²) in [6.45, 7) is 4.76. The largest absolute Gasteiger partial charge is 0.491 e. The van der Waals surface area contributed by atoms with E-state index in [9.17, 15) is 14.4 Å². The summed E-state index contributed by atoms with van der Waals surface area (Å²) in [5.74, 6) is 0.0255. The molecule has 0 saturated heterocycles. The maximum atomic E-state index is 12.9. The van der Waals surface area contributed by atoms with Gasteiger partial charge in [0.25, 0.3) is 17.7 Å². The molecule has 0 unspecified atom stereocenters. The minimum atomic E-state index is -0.323. The number of ether oxygens (including phenoxy) is 1. The molecule has 0 atom stereocenters. The number of anilines is 1. The smallest absolute Gasteiger partial charge is 0.261 e. The highest BCUT2D eigenvalue weighted by Crippen LogP contribution is 2.26. The number of imide groups is 1. The Morgan fingerprint density at radius 3 is 2.25 bits per heavy atom. The van der Waals surface area contributed by atoms with Crippen LogP contribution in [0.25, 0.3) is 0 Å². The normalized spacial score (nSPS) is 12.8. The van der Waals surface area contributed by atoms with Gasteiger partial charge in [-0.3, -0.25) is 19.3 Å². The molecule has 3 aromatic rings. The van der Waals surface area contributed by atoms with Crippen LogP contribution in [0.2, 0.25) is 0 Å². The Morgan fingerprint density at radius 1 is 0.906 bits per heavy atom. The van der Waals surface area contributed by atoms with Gasteiger partial charge in [0.2, 0.25) is 0 Å². The highest BCUT2D eigenvalue weighted by atomic mass is 16.5. The molecule has 0 bridgehead atoms. The molecule has 3 aromatic carbocycles. The summed E-state index contributed by atoms with van der Waals surface area (Å²) in [6, 6.07) is 21.0. The summed E-state index contributed by atoms with van der Waals surface area (Å²) >= 11 is 0. The summed E-state index contributed by atoms with van der Waals surface area (Å²) in [4.78, 5) is 39.4. The summed E-state index contributed by atoms with van der Waals surface area (Å²) in [5, 5.41) is 2.89. The third-order valence-electron chi connectivity index (χ3n) is 5.12. The van der Waals surface area contributed by atoms with Crippen LogP contribution < -0.4 is 10.1 Å². The molecule has 0 aliphatic carbocycles. The Hall–Kier alpha value is -3.93. The lowest BCUT2D eigenvalue weighted by Gasteiger charge is -2.15. The maximum Gasteiger partial charge on any atom is 0.261 e. The molecule has 32 heavy (non-hydrogen) atoms. The number of hydrogen-bond acceptors (Lipinski definition) is 4. The highest BCUT2D eigenvalue weighted by molar-refractivity contribution is 6.21. The lowest BCUT2D eigenvalue weighted by Crippen LogP contribution is -2.29. The number of carbonyl (C=O) groups is 3. The number of carbonyl (C=O) groups excluding carboxylic acids is 3. The standard InChI is InChI=1S/C26H24N2O4/c1-17(2)16-32-23-13-6-5-12-22(23)27-24(29)19-9-7-8-18(14-19)15-28-25(30)20-10-3-4-11-21(20)26(28)31/h3-14,17H,15-16H2,1-2H3,(H,27,29). The first-order chi connectivity index (χ1) is 15.4. The topological polar surface area (TPSA) is 75.7 Å². The number of benzene rings is 3. The molecule has 0 fully saturated rings. The fourth-order valence-corrected chi connectivity index (χ4v) is 3.52. The van der Waals surface area contributed by atoms with Gasteiger partial charge in [0.1, 0.15) is 5.75 Å². The van der Waals surface area contributed by atoms with Crippen molar-refractivity contribution in [1.29, 1.82) is 0 Å². The van der Waals surface area contributed by atoms with Gasteiger partial charge in [-0.2, -0.15) is 0 Å². The zero-order valence-electron chi connectivity index (χ0n) is 18.0. The van der Waals surface area contributed by atoms with Crippen molar-refractivity contribution in [1.82, 2.24) is 4.90 Å². The summed E-state index contributed by atoms with van der Waals surface area (Å²) < 4.78 is 5.81. The van der Waals surface area contributed by atoms with E-state index < -0.39 is 0 Å². The van der Waals surface area contributed by atoms with E-state index in [4.69, 9.17) is 4.74 Å². The van der Waals surface area contributed by atoms with Crippen molar-refractivity contribution in [2.45, 2.75) is 20.4 Å². The number of rotatable bonds is 7. The average molecular weight is 428 g/mol. The molecule has 0 spiro atoms. The SMILES string of the molecule is CC(C)COc1ccccc1NC(=O)c1cccc(CN2C(=O)c3ccccc3C2=O)c1. The fraction of sp³-hybridized carbons (Fsp3) is 0.192. The first-order valence-electron chi connectivity index (χ1n) is 10.5. The van der Waals surface area contributed by atoms with E-state index in [1.54, 1.807) is 54.6 Å². The van der Waals surface area contributed by atoms with Crippen LogP contribution in [0, 0.1) is 5.92 Å². The van der Waals surface area contributed by atoms with Crippen LogP contribution >= 0.6 is 0 Å². The molecular weight excluding hydrogens is 404 g/mol. The molecule has 0 saturated carbocycles. The first-order valence-corrected chi connectivity index (χ1v) is 10.5. The number of nitrogens with one attached hydrogen (secondary N) is 1. The van der Waals surface area contributed by atoms with Crippen LogP contribution in [0.5, 0.6) is 5.75 Å². The molecule has 3 amide bonds. The van der Waals surface area contributed by atoms with Crippen molar-refractivity contribution in [2.24, 2.45) is 5.92 Å². The summed E-state index contributed by atoms with van der Waals surface area (Å²) in [5.41, 5.74) is 2.52. The second-order valence-corrected chi connectivity index (χ2v) is 8.10. The van der Waals surface area contributed by atoms with Crippen molar-refractivity contribution in [3.05, 3.63) is 95.1 Å². The third kappa shape index (κ3) is 4.39. The zero-order valence-corrected chi connectivity index (χ0v) is 18.0. The molecule has 6 heteroatoms. The van der Waals surface area contributed by atoms with Crippen molar-refractivity contribution < 1.29 is 19.1 Å². The number of fused-ring (bicyclic) bond motifs is 1. The lowest BCUT2D eigenvalue weighted by atomic mass is 10.1. The van der Waals surface area contributed by atoms with Crippen molar-refractivity contribution in [3.8, 4) is 5.75 Å². The highest BCUT2D eigenvalue weighted by Gasteiger charge is 2.35. The van der Waals surface area contributed by atoms with Crippen molar-refractivity contribution in [3.63, 3.8) is 0 Å².